The summed E-state index contributed by atoms with van der Waals surface area (Å²) in [6, 6.07) is 5.72. The van der Waals surface area contributed by atoms with Crippen molar-refractivity contribution in [3.05, 3.63) is 23.8 Å². The zero-order valence-electron chi connectivity index (χ0n) is 15.6. The average Bonchev–Trinajstić information content (AvgIpc) is 2.82. The van der Waals surface area contributed by atoms with E-state index in [2.05, 4.69) is 4.90 Å². The summed E-state index contributed by atoms with van der Waals surface area (Å²) < 4.78 is 22.6. The van der Waals surface area contributed by atoms with Crippen LogP contribution in [0.1, 0.15) is 38.1 Å². The minimum atomic E-state index is -0.507. The SMILES string of the molecule is COC(=O)c1cc(B2OC(C)(C)C(C)(C)O2)ccc1N1CCOCC1. The third-order valence-corrected chi connectivity index (χ3v) is 5.30. The van der Waals surface area contributed by atoms with Crippen LogP contribution in [0.2, 0.25) is 0 Å². The highest BCUT2D eigenvalue weighted by Gasteiger charge is 2.51. The van der Waals surface area contributed by atoms with Gasteiger partial charge in [0.2, 0.25) is 0 Å². The maximum atomic E-state index is 12.3. The quantitative estimate of drug-likeness (QED) is 0.612. The van der Waals surface area contributed by atoms with E-state index in [0.717, 1.165) is 24.2 Å². The molecule has 0 aliphatic carbocycles. The lowest BCUT2D eigenvalue weighted by molar-refractivity contribution is 0.00578. The predicted molar refractivity (Wildman–Crippen MR) is 96.5 cm³/mol. The van der Waals surface area contributed by atoms with Crippen LogP contribution in [0, 0.1) is 0 Å². The van der Waals surface area contributed by atoms with Crippen molar-refractivity contribution in [2.24, 2.45) is 0 Å². The summed E-state index contributed by atoms with van der Waals surface area (Å²) in [5.41, 5.74) is 1.35. The lowest BCUT2D eigenvalue weighted by atomic mass is 9.78. The highest BCUT2D eigenvalue weighted by Crippen LogP contribution is 2.36. The Morgan fingerprint density at radius 2 is 1.72 bits per heavy atom. The summed E-state index contributed by atoms with van der Waals surface area (Å²) in [6.45, 7) is 10.8. The van der Waals surface area contributed by atoms with Gasteiger partial charge in [0.25, 0.3) is 0 Å². The summed E-state index contributed by atoms with van der Waals surface area (Å²) in [7, 11) is 0.888. The van der Waals surface area contributed by atoms with Gasteiger partial charge in [0.1, 0.15) is 0 Å². The van der Waals surface area contributed by atoms with Gasteiger partial charge in [0, 0.05) is 13.1 Å². The zero-order chi connectivity index (χ0) is 18.2. The molecule has 1 aromatic rings. The minimum Gasteiger partial charge on any atom is -0.465 e. The van der Waals surface area contributed by atoms with Gasteiger partial charge < -0.3 is 23.7 Å². The zero-order valence-corrected chi connectivity index (χ0v) is 15.6. The molecule has 6 nitrogen and oxygen atoms in total. The first-order chi connectivity index (χ1) is 11.7. The fourth-order valence-electron chi connectivity index (χ4n) is 3.03. The number of anilines is 1. The van der Waals surface area contributed by atoms with Crippen LogP contribution < -0.4 is 10.4 Å². The van der Waals surface area contributed by atoms with E-state index in [1.165, 1.54) is 7.11 Å². The Labute approximate surface area is 149 Å². The van der Waals surface area contributed by atoms with Crippen LogP contribution in [0.4, 0.5) is 5.69 Å². The monoisotopic (exact) mass is 347 g/mol. The smallest absolute Gasteiger partial charge is 0.465 e. The van der Waals surface area contributed by atoms with Gasteiger partial charge in [0.15, 0.2) is 0 Å². The standard InChI is InChI=1S/C18H26BNO5/c1-17(2)18(3,4)25-19(24-17)13-6-7-15(14(12-13)16(21)22-5)20-8-10-23-11-9-20/h6-7,12H,8-11H2,1-5H3. The molecule has 0 aromatic heterocycles. The normalized spacial score (nSPS) is 22.1. The Balaban J connectivity index is 1.93. The highest BCUT2D eigenvalue weighted by atomic mass is 16.7. The first kappa shape index (κ1) is 18.2. The van der Waals surface area contributed by atoms with E-state index < -0.39 is 18.3 Å². The molecule has 7 heteroatoms. The number of rotatable bonds is 3. The van der Waals surface area contributed by atoms with Crippen molar-refractivity contribution < 1.29 is 23.6 Å². The molecular weight excluding hydrogens is 321 g/mol. The average molecular weight is 347 g/mol. The van der Waals surface area contributed by atoms with Crippen LogP contribution in [-0.2, 0) is 18.8 Å². The molecule has 0 radical (unpaired) electrons. The van der Waals surface area contributed by atoms with Crippen LogP contribution in [0.25, 0.3) is 0 Å². The van der Waals surface area contributed by atoms with E-state index >= 15 is 0 Å². The lowest BCUT2D eigenvalue weighted by Crippen LogP contribution is -2.41. The first-order valence-corrected chi connectivity index (χ1v) is 8.66. The Morgan fingerprint density at radius 3 is 2.28 bits per heavy atom. The first-order valence-electron chi connectivity index (χ1n) is 8.66. The second-order valence-corrected chi connectivity index (χ2v) is 7.46. The van der Waals surface area contributed by atoms with Gasteiger partial charge in [-0.15, -0.1) is 0 Å². The molecular formula is C18H26BNO5. The molecule has 25 heavy (non-hydrogen) atoms. The Morgan fingerprint density at radius 1 is 1.12 bits per heavy atom. The highest BCUT2D eigenvalue weighted by molar-refractivity contribution is 6.62. The summed E-state index contributed by atoms with van der Waals surface area (Å²) in [6.07, 6.45) is 0. The van der Waals surface area contributed by atoms with Crippen molar-refractivity contribution >= 4 is 24.2 Å². The Kier molecular flexibility index (Phi) is 4.83. The fraction of sp³-hybridized carbons (Fsp3) is 0.611. The molecule has 0 atom stereocenters. The molecule has 1 aromatic carbocycles. The summed E-state index contributed by atoms with van der Waals surface area (Å²) in [4.78, 5) is 14.5. The number of hydrogen-bond donors (Lipinski definition) is 0. The number of benzene rings is 1. The number of esters is 1. The van der Waals surface area contributed by atoms with Gasteiger partial charge >= 0.3 is 13.1 Å². The van der Waals surface area contributed by atoms with E-state index in [1.807, 2.05) is 45.9 Å². The topological polar surface area (TPSA) is 57.2 Å². The minimum absolute atomic E-state index is 0.361. The molecule has 2 aliphatic rings. The Hall–Kier alpha value is -1.57. The third-order valence-electron chi connectivity index (χ3n) is 5.30. The summed E-state index contributed by atoms with van der Waals surface area (Å²) >= 11 is 0. The van der Waals surface area contributed by atoms with Gasteiger partial charge in [-0.2, -0.15) is 0 Å². The van der Waals surface area contributed by atoms with Gasteiger partial charge in [-0.3, -0.25) is 0 Å². The van der Waals surface area contributed by atoms with Gasteiger partial charge in [-0.25, -0.2) is 4.79 Å². The molecule has 2 fully saturated rings. The van der Waals surface area contributed by atoms with Crippen molar-refractivity contribution in [3.63, 3.8) is 0 Å². The molecule has 0 unspecified atom stereocenters. The Bertz CT molecular complexity index is 639. The van der Waals surface area contributed by atoms with Crippen molar-refractivity contribution in [1.82, 2.24) is 0 Å². The maximum Gasteiger partial charge on any atom is 0.494 e. The summed E-state index contributed by atoms with van der Waals surface area (Å²) in [5, 5.41) is 0. The second kappa shape index (κ2) is 6.63. The van der Waals surface area contributed by atoms with Crippen LogP contribution in [0.15, 0.2) is 18.2 Å². The van der Waals surface area contributed by atoms with Gasteiger partial charge in [0.05, 0.1) is 42.8 Å². The van der Waals surface area contributed by atoms with Crippen molar-refractivity contribution in [2.45, 2.75) is 38.9 Å². The predicted octanol–water partition coefficient (Wildman–Crippen LogP) is 1.61. The molecule has 3 rings (SSSR count). The van der Waals surface area contributed by atoms with Crippen LogP contribution >= 0.6 is 0 Å². The number of hydrogen-bond acceptors (Lipinski definition) is 6. The fourth-order valence-corrected chi connectivity index (χ4v) is 3.03. The molecule has 0 spiro atoms. The summed E-state index contributed by atoms with van der Waals surface area (Å²) in [5.74, 6) is -0.361. The van der Waals surface area contributed by atoms with E-state index in [9.17, 15) is 4.79 Å². The van der Waals surface area contributed by atoms with Crippen molar-refractivity contribution in [3.8, 4) is 0 Å². The largest absolute Gasteiger partial charge is 0.494 e. The molecule has 2 aliphatic heterocycles. The molecule has 0 N–H and O–H groups in total. The molecule has 0 amide bonds. The molecule has 0 bridgehead atoms. The molecule has 2 saturated heterocycles. The van der Waals surface area contributed by atoms with Gasteiger partial charge in [-0.05, 0) is 45.3 Å². The molecule has 0 saturated carbocycles. The number of nitrogens with zero attached hydrogens (tertiary/aromatic N) is 1. The third kappa shape index (κ3) is 3.41. The van der Waals surface area contributed by atoms with E-state index in [4.69, 9.17) is 18.8 Å². The van der Waals surface area contributed by atoms with E-state index in [0.29, 0.717) is 18.8 Å². The number of carbonyl (C=O) groups excluding carboxylic acids is 1. The maximum absolute atomic E-state index is 12.3. The number of carbonyl (C=O) groups is 1. The van der Waals surface area contributed by atoms with E-state index in [-0.39, 0.29) is 5.97 Å². The van der Waals surface area contributed by atoms with Gasteiger partial charge in [-0.1, -0.05) is 6.07 Å². The van der Waals surface area contributed by atoms with Crippen molar-refractivity contribution in [1.29, 1.82) is 0 Å². The van der Waals surface area contributed by atoms with Crippen molar-refractivity contribution in [2.75, 3.05) is 38.3 Å². The lowest BCUT2D eigenvalue weighted by Gasteiger charge is -2.32. The van der Waals surface area contributed by atoms with Crippen LogP contribution in [-0.4, -0.2) is 57.7 Å². The number of methoxy groups -OCH3 is 1. The van der Waals surface area contributed by atoms with E-state index in [1.54, 1.807) is 0 Å². The number of morpholine rings is 1. The number of ether oxygens (including phenoxy) is 2. The molecule has 136 valence electrons. The second-order valence-electron chi connectivity index (χ2n) is 7.46. The van der Waals surface area contributed by atoms with Crippen LogP contribution in [0.5, 0.6) is 0 Å². The van der Waals surface area contributed by atoms with Crippen LogP contribution in [0.3, 0.4) is 0 Å². The molecule has 2 heterocycles.